The van der Waals surface area contributed by atoms with Crippen LogP contribution in [-0.4, -0.2) is 0 Å². The van der Waals surface area contributed by atoms with Gasteiger partial charge in [-0.3, -0.25) is 0 Å². The first-order chi connectivity index (χ1) is 25.1. The molecule has 6 heteroatoms. The van der Waals surface area contributed by atoms with E-state index in [-0.39, 0.29) is 5.92 Å². The lowest BCUT2D eigenvalue weighted by Gasteiger charge is -2.38. The Balaban J connectivity index is 0.000000201. The zero-order chi connectivity index (χ0) is 37.0. The minimum Gasteiger partial charge on any atom is -0.204 e. The lowest BCUT2D eigenvalue weighted by molar-refractivity contribution is 0.141. The summed E-state index contributed by atoms with van der Waals surface area (Å²) in [5.41, 5.74) is 1.21. The molecule has 4 fully saturated rings. The summed E-state index contributed by atoms with van der Waals surface area (Å²) in [5, 5.41) is 0. The third kappa shape index (κ3) is 12.0. The van der Waals surface area contributed by atoms with Gasteiger partial charge in [-0.2, -0.15) is 0 Å². The van der Waals surface area contributed by atoms with Gasteiger partial charge in [-0.1, -0.05) is 104 Å². The van der Waals surface area contributed by atoms with Gasteiger partial charge < -0.3 is 0 Å². The minimum absolute atomic E-state index is 0.181. The molecule has 6 rings (SSSR count). The van der Waals surface area contributed by atoms with E-state index >= 15 is 0 Å². The molecule has 292 valence electrons. The van der Waals surface area contributed by atoms with Crippen LogP contribution in [0.5, 0.6) is 0 Å². The van der Waals surface area contributed by atoms with E-state index in [0.717, 1.165) is 79.7 Å². The monoisotopic (exact) mass is 733 g/mol. The van der Waals surface area contributed by atoms with Gasteiger partial charge in [0, 0.05) is 0 Å². The third-order valence-electron chi connectivity index (χ3n) is 14.0. The van der Waals surface area contributed by atoms with Crippen LogP contribution in [0.2, 0.25) is 0 Å². The van der Waals surface area contributed by atoms with Gasteiger partial charge >= 0.3 is 0 Å². The van der Waals surface area contributed by atoms with E-state index in [0.29, 0.717) is 23.5 Å². The quantitative estimate of drug-likeness (QED) is 0.151. The van der Waals surface area contributed by atoms with Gasteiger partial charge in [0.25, 0.3) is 0 Å². The molecule has 0 saturated heterocycles. The third-order valence-corrected chi connectivity index (χ3v) is 14.0. The number of rotatable bonds is 12. The SMILES string of the molecule is CCCC1CCC(C2CCC(CCc3cc(F)c(F)c(F)c3)CC2)CC1.CCCC1CCC(CCC2CCC(c3cc(F)c(F)c(F)c3)CC2)CC1. The van der Waals surface area contributed by atoms with Gasteiger partial charge in [0.1, 0.15) is 0 Å². The summed E-state index contributed by atoms with van der Waals surface area (Å²) in [6.07, 6.45) is 30.4. The molecule has 4 aliphatic carbocycles. The number of aryl methyl sites for hydroxylation is 1. The fourth-order valence-corrected chi connectivity index (χ4v) is 10.7. The van der Waals surface area contributed by atoms with Gasteiger partial charge in [0.2, 0.25) is 0 Å². The predicted molar refractivity (Wildman–Crippen MR) is 201 cm³/mol. The van der Waals surface area contributed by atoms with Crippen molar-refractivity contribution in [2.45, 2.75) is 174 Å². The highest BCUT2D eigenvalue weighted by Crippen LogP contribution is 2.44. The van der Waals surface area contributed by atoms with E-state index in [4.69, 9.17) is 0 Å². The van der Waals surface area contributed by atoms with Crippen LogP contribution >= 0.6 is 0 Å². The first-order valence-electron chi connectivity index (χ1n) is 21.4. The van der Waals surface area contributed by atoms with Crippen molar-refractivity contribution in [3.63, 3.8) is 0 Å². The second kappa shape index (κ2) is 20.6. The molecular weight excluding hydrogens is 666 g/mol. The summed E-state index contributed by atoms with van der Waals surface area (Å²) in [7, 11) is 0. The Morgan fingerprint density at radius 2 is 0.731 bits per heavy atom. The maximum atomic E-state index is 13.5. The maximum absolute atomic E-state index is 13.5. The van der Waals surface area contributed by atoms with Gasteiger partial charge in [0.15, 0.2) is 34.9 Å². The number of hydrogen-bond acceptors (Lipinski definition) is 0. The molecule has 0 spiro atoms. The molecule has 0 amide bonds. The normalized spacial score (nSPS) is 29.7. The molecule has 4 aliphatic rings. The summed E-state index contributed by atoms with van der Waals surface area (Å²) in [6, 6.07) is 4.69. The summed E-state index contributed by atoms with van der Waals surface area (Å²) < 4.78 is 79.7. The molecule has 0 bridgehead atoms. The van der Waals surface area contributed by atoms with Gasteiger partial charge in [-0.25, -0.2) is 26.3 Å². The molecule has 2 aromatic carbocycles. The number of benzene rings is 2. The molecular formula is C46H66F6. The highest BCUT2D eigenvalue weighted by molar-refractivity contribution is 5.23. The van der Waals surface area contributed by atoms with Crippen LogP contribution in [0.15, 0.2) is 24.3 Å². The standard InChI is InChI=1S/2C23H33F3/c1-2-3-16-4-6-17(7-5-16)8-9-18-10-12-19(13-11-18)20-14-21(24)23(26)22(25)15-20;1-2-3-16-6-10-19(11-7-16)20-12-8-17(9-13-20)4-5-18-14-21(24)23(26)22(25)15-18/h14-19H,2-13H2,1H3;14-17,19-20H,2-13H2,1H3. The Hall–Kier alpha value is -1.98. The van der Waals surface area contributed by atoms with Crippen LogP contribution in [0.3, 0.4) is 0 Å². The Kier molecular flexibility index (Phi) is 16.3. The Bertz CT molecular complexity index is 1290. The van der Waals surface area contributed by atoms with Crippen molar-refractivity contribution >= 4 is 0 Å². The number of halogens is 6. The van der Waals surface area contributed by atoms with Crippen LogP contribution in [0.4, 0.5) is 26.3 Å². The van der Waals surface area contributed by atoms with Crippen LogP contribution < -0.4 is 0 Å². The summed E-state index contributed by atoms with van der Waals surface area (Å²) in [5.74, 6) is -0.661. The predicted octanol–water partition coefficient (Wildman–Crippen LogP) is 15.2. The fraction of sp³-hybridized carbons (Fsp3) is 0.739. The smallest absolute Gasteiger partial charge is 0.194 e. The summed E-state index contributed by atoms with van der Waals surface area (Å²) in [4.78, 5) is 0. The molecule has 52 heavy (non-hydrogen) atoms. The molecule has 0 heterocycles. The first kappa shape index (κ1) is 41.2. The summed E-state index contributed by atoms with van der Waals surface area (Å²) >= 11 is 0. The molecule has 0 nitrogen and oxygen atoms in total. The Morgan fingerprint density at radius 1 is 0.404 bits per heavy atom. The lowest BCUT2D eigenvalue weighted by Crippen LogP contribution is -2.26. The van der Waals surface area contributed by atoms with E-state index in [1.54, 1.807) is 0 Å². The van der Waals surface area contributed by atoms with Crippen molar-refractivity contribution in [3.05, 3.63) is 70.3 Å². The zero-order valence-corrected chi connectivity index (χ0v) is 32.2. The highest BCUT2D eigenvalue weighted by atomic mass is 19.2. The highest BCUT2D eigenvalue weighted by Gasteiger charge is 2.31. The minimum atomic E-state index is -1.36. The Labute approximate surface area is 311 Å². The molecule has 0 aliphatic heterocycles. The van der Waals surface area contributed by atoms with Crippen molar-refractivity contribution in [2.75, 3.05) is 0 Å². The molecule has 0 radical (unpaired) electrons. The van der Waals surface area contributed by atoms with Crippen molar-refractivity contribution in [1.29, 1.82) is 0 Å². The van der Waals surface area contributed by atoms with E-state index in [2.05, 4.69) is 13.8 Å². The van der Waals surface area contributed by atoms with Crippen molar-refractivity contribution < 1.29 is 26.3 Å². The van der Waals surface area contributed by atoms with E-state index in [1.165, 1.54) is 128 Å². The van der Waals surface area contributed by atoms with Crippen molar-refractivity contribution in [3.8, 4) is 0 Å². The van der Waals surface area contributed by atoms with Crippen molar-refractivity contribution in [1.82, 2.24) is 0 Å². The fourth-order valence-electron chi connectivity index (χ4n) is 10.7. The Morgan fingerprint density at radius 3 is 1.13 bits per heavy atom. The number of hydrogen-bond donors (Lipinski definition) is 0. The summed E-state index contributed by atoms with van der Waals surface area (Å²) in [6.45, 7) is 4.58. The molecule has 0 aromatic heterocycles. The average molecular weight is 733 g/mol. The van der Waals surface area contributed by atoms with Crippen LogP contribution in [0.1, 0.15) is 179 Å². The zero-order valence-electron chi connectivity index (χ0n) is 32.2. The molecule has 0 atom stereocenters. The van der Waals surface area contributed by atoms with Crippen LogP contribution in [0.25, 0.3) is 0 Å². The largest absolute Gasteiger partial charge is 0.204 e. The molecule has 0 unspecified atom stereocenters. The van der Waals surface area contributed by atoms with E-state index < -0.39 is 34.9 Å². The van der Waals surface area contributed by atoms with E-state index in [9.17, 15) is 26.3 Å². The van der Waals surface area contributed by atoms with Gasteiger partial charge in [-0.05, 0) is 147 Å². The first-order valence-corrected chi connectivity index (χ1v) is 21.4. The molecule has 2 aromatic rings. The average Bonchev–Trinajstić information content (AvgIpc) is 3.16. The second-order valence-corrected chi connectivity index (χ2v) is 17.5. The lowest BCUT2D eigenvalue weighted by atomic mass is 9.68. The maximum Gasteiger partial charge on any atom is 0.194 e. The molecule has 0 N–H and O–H groups in total. The van der Waals surface area contributed by atoms with Crippen LogP contribution in [-0.2, 0) is 6.42 Å². The van der Waals surface area contributed by atoms with Gasteiger partial charge in [-0.15, -0.1) is 0 Å². The topological polar surface area (TPSA) is 0 Å². The van der Waals surface area contributed by atoms with Crippen LogP contribution in [0, 0.1) is 76.3 Å². The van der Waals surface area contributed by atoms with Gasteiger partial charge in [0.05, 0.1) is 0 Å². The second-order valence-electron chi connectivity index (χ2n) is 17.5. The van der Waals surface area contributed by atoms with E-state index in [1.807, 2.05) is 0 Å². The molecule has 4 saturated carbocycles. The van der Waals surface area contributed by atoms with Crippen molar-refractivity contribution in [2.24, 2.45) is 41.4 Å².